The number of methoxy groups -OCH3 is 1. The Labute approximate surface area is 155 Å². The summed E-state index contributed by atoms with van der Waals surface area (Å²) in [7, 11) is 1.80. The van der Waals surface area contributed by atoms with E-state index in [4.69, 9.17) is 21.1 Å². The first kappa shape index (κ1) is 18.5. The van der Waals surface area contributed by atoms with Crippen LogP contribution in [0.2, 0.25) is 5.02 Å². The van der Waals surface area contributed by atoms with Gasteiger partial charge in [0, 0.05) is 31.2 Å². The number of halogens is 1. The van der Waals surface area contributed by atoms with Crippen molar-refractivity contribution in [2.24, 2.45) is 5.41 Å². The van der Waals surface area contributed by atoms with E-state index in [-0.39, 0.29) is 17.4 Å². The number of piperidine rings is 1. The van der Waals surface area contributed by atoms with Crippen LogP contribution in [0.3, 0.4) is 0 Å². The summed E-state index contributed by atoms with van der Waals surface area (Å²) in [5, 5.41) is 0.502. The van der Waals surface area contributed by atoms with Crippen molar-refractivity contribution >= 4 is 17.5 Å². The van der Waals surface area contributed by atoms with Crippen LogP contribution < -0.4 is 4.74 Å². The molecular formula is C20H28ClNO3. The standard InChI is InChI=1S/C20H28ClNO3/c1-3-12-25-17-8-7-15(13-16(17)21)19(23)22-11-5-10-20(14-22)9-4-6-18(20)24-2/h7-8,13,18H,3-6,9-12,14H2,1-2H3/t18-,20+/m1/s1. The quantitative estimate of drug-likeness (QED) is 0.768. The van der Waals surface area contributed by atoms with Gasteiger partial charge in [0.1, 0.15) is 5.75 Å². The highest BCUT2D eigenvalue weighted by Gasteiger charge is 2.46. The number of amides is 1. The Hall–Kier alpha value is -1.26. The summed E-state index contributed by atoms with van der Waals surface area (Å²) in [6, 6.07) is 5.36. The molecule has 0 N–H and O–H groups in total. The molecule has 1 aliphatic heterocycles. The molecular weight excluding hydrogens is 338 g/mol. The predicted octanol–water partition coefficient (Wildman–Crippen LogP) is 4.55. The number of likely N-dealkylation sites (tertiary alicyclic amines) is 1. The Kier molecular flexibility index (Phi) is 5.90. The summed E-state index contributed by atoms with van der Waals surface area (Å²) in [6.45, 7) is 4.27. The second-order valence-corrected chi connectivity index (χ2v) is 7.71. The molecule has 138 valence electrons. The summed E-state index contributed by atoms with van der Waals surface area (Å²) in [5.74, 6) is 0.704. The number of hydrogen-bond donors (Lipinski definition) is 0. The Morgan fingerprint density at radius 3 is 2.88 bits per heavy atom. The van der Waals surface area contributed by atoms with E-state index in [0.717, 1.165) is 45.2 Å². The van der Waals surface area contributed by atoms with Gasteiger partial charge in [-0.15, -0.1) is 0 Å². The Bertz CT molecular complexity index is 621. The number of carbonyl (C=O) groups is 1. The number of rotatable bonds is 5. The normalized spacial score (nSPS) is 26.2. The van der Waals surface area contributed by atoms with Crippen molar-refractivity contribution in [3.63, 3.8) is 0 Å². The van der Waals surface area contributed by atoms with Crippen LogP contribution in [-0.2, 0) is 4.74 Å². The summed E-state index contributed by atoms with van der Waals surface area (Å²) >= 11 is 6.30. The van der Waals surface area contributed by atoms with E-state index in [9.17, 15) is 4.79 Å². The monoisotopic (exact) mass is 365 g/mol. The van der Waals surface area contributed by atoms with E-state index in [1.807, 2.05) is 17.9 Å². The third-order valence-electron chi connectivity index (χ3n) is 5.64. The van der Waals surface area contributed by atoms with Crippen molar-refractivity contribution in [2.45, 2.75) is 51.6 Å². The molecule has 1 aromatic carbocycles. The molecule has 1 spiro atoms. The molecule has 0 radical (unpaired) electrons. The van der Waals surface area contributed by atoms with Crippen LogP contribution in [0.4, 0.5) is 0 Å². The first-order valence-electron chi connectivity index (χ1n) is 9.34. The van der Waals surface area contributed by atoms with Crippen molar-refractivity contribution in [3.8, 4) is 5.75 Å². The van der Waals surface area contributed by atoms with Crippen LogP contribution >= 0.6 is 11.6 Å². The number of nitrogens with zero attached hydrogens (tertiary/aromatic N) is 1. The van der Waals surface area contributed by atoms with Crippen LogP contribution in [0, 0.1) is 5.41 Å². The van der Waals surface area contributed by atoms with Crippen LogP contribution in [-0.4, -0.2) is 43.7 Å². The van der Waals surface area contributed by atoms with Gasteiger partial charge in [-0.2, -0.15) is 0 Å². The molecule has 1 saturated carbocycles. The van der Waals surface area contributed by atoms with Crippen molar-refractivity contribution in [1.29, 1.82) is 0 Å². The Morgan fingerprint density at radius 2 is 2.16 bits per heavy atom. The lowest BCUT2D eigenvalue weighted by molar-refractivity contribution is -0.0295. The van der Waals surface area contributed by atoms with Crippen molar-refractivity contribution in [1.82, 2.24) is 4.90 Å². The fraction of sp³-hybridized carbons (Fsp3) is 0.650. The van der Waals surface area contributed by atoms with Gasteiger partial charge in [0.25, 0.3) is 5.91 Å². The maximum absolute atomic E-state index is 13.0. The lowest BCUT2D eigenvalue weighted by Crippen LogP contribution is -2.49. The lowest BCUT2D eigenvalue weighted by atomic mass is 9.76. The van der Waals surface area contributed by atoms with Crippen molar-refractivity contribution in [2.75, 3.05) is 26.8 Å². The number of carbonyl (C=O) groups excluding carboxylic acids is 1. The summed E-state index contributed by atoms with van der Waals surface area (Å²) in [4.78, 5) is 15.0. The largest absolute Gasteiger partial charge is 0.492 e. The van der Waals surface area contributed by atoms with Crippen LogP contribution in [0.15, 0.2) is 18.2 Å². The highest BCUT2D eigenvalue weighted by molar-refractivity contribution is 6.32. The van der Waals surface area contributed by atoms with E-state index in [0.29, 0.717) is 22.9 Å². The molecule has 3 rings (SSSR count). The number of ether oxygens (including phenoxy) is 2. The first-order valence-corrected chi connectivity index (χ1v) is 9.72. The minimum Gasteiger partial charge on any atom is -0.492 e. The van der Waals surface area contributed by atoms with Gasteiger partial charge in [0.15, 0.2) is 0 Å². The van der Waals surface area contributed by atoms with Gasteiger partial charge in [-0.3, -0.25) is 4.79 Å². The van der Waals surface area contributed by atoms with E-state index in [1.54, 1.807) is 19.2 Å². The molecule has 1 saturated heterocycles. The van der Waals surface area contributed by atoms with E-state index in [2.05, 4.69) is 0 Å². The molecule has 1 heterocycles. The molecule has 0 aromatic heterocycles. The first-order chi connectivity index (χ1) is 12.1. The SMILES string of the molecule is CCCOc1ccc(C(=O)N2CCC[C@@]3(CCC[C@H]3OC)C2)cc1Cl. The van der Waals surface area contributed by atoms with Gasteiger partial charge in [-0.25, -0.2) is 0 Å². The smallest absolute Gasteiger partial charge is 0.253 e. The minimum atomic E-state index is 0.0600. The highest BCUT2D eigenvalue weighted by Crippen LogP contribution is 2.46. The maximum Gasteiger partial charge on any atom is 0.253 e. The molecule has 0 unspecified atom stereocenters. The second kappa shape index (κ2) is 7.96. The fourth-order valence-corrected chi connectivity index (χ4v) is 4.66. The summed E-state index contributed by atoms with van der Waals surface area (Å²) < 4.78 is 11.3. The maximum atomic E-state index is 13.0. The molecule has 1 aliphatic carbocycles. The molecule has 1 amide bonds. The van der Waals surface area contributed by atoms with Gasteiger partial charge < -0.3 is 14.4 Å². The van der Waals surface area contributed by atoms with Crippen molar-refractivity contribution < 1.29 is 14.3 Å². The number of benzene rings is 1. The van der Waals surface area contributed by atoms with E-state index >= 15 is 0 Å². The topological polar surface area (TPSA) is 38.8 Å². The fourth-order valence-electron chi connectivity index (χ4n) is 4.42. The molecule has 2 atom stereocenters. The van der Waals surface area contributed by atoms with Gasteiger partial charge >= 0.3 is 0 Å². The average molecular weight is 366 g/mol. The van der Waals surface area contributed by atoms with Gasteiger partial charge in [-0.05, 0) is 50.3 Å². The second-order valence-electron chi connectivity index (χ2n) is 7.30. The van der Waals surface area contributed by atoms with Crippen LogP contribution in [0.5, 0.6) is 5.75 Å². The zero-order valence-electron chi connectivity index (χ0n) is 15.2. The molecule has 2 fully saturated rings. The molecule has 2 aliphatic rings. The zero-order valence-corrected chi connectivity index (χ0v) is 16.0. The van der Waals surface area contributed by atoms with Gasteiger partial charge in [-0.1, -0.05) is 24.9 Å². The molecule has 4 nitrogen and oxygen atoms in total. The molecule has 1 aromatic rings. The third-order valence-corrected chi connectivity index (χ3v) is 5.94. The minimum absolute atomic E-state index is 0.0600. The molecule has 5 heteroatoms. The van der Waals surface area contributed by atoms with Crippen molar-refractivity contribution in [3.05, 3.63) is 28.8 Å². The summed E-state index contributed by atoms with van der Waals surface area (Å²) in [5.41, 5.74) is 0.772. The number of hydrogen-bond acceptors (Lipinski definition) is 3. The van der Waals surface area contributed by atoms with E-state index in [1.165, 1.54) is 6.42 Å². The predicted molar refractivity (Wildman–Crippen MR) is 99.5 cm³/mol. The molecule has 25 heavy (non-hydrogen) atoms. The summed E-state index contributed by atoms with van der Waals surface area (Å²) in [6.07, 6.45) is 6.84. The van der Waals surface area contributed by atoms with Crippen LogP contribution in [0.1, 0.15) is 55.8 Å². The highest BCUT2D eigenvalue weighted by atomic mass is 35.5. The average Bonchev–Trinajstić information content (AvgIpc) is 3.01. The zero-order chi connectivity index (χ0) is 17.9. The Morgan fingerprint density at radius 1 is 1.36 bits per heavy atom. The van der Waals surface area contributed by atoms with E-state index < -0.39 is 0 Å². The van der Waals surface area contributed by atoms with Gasteiger partial charge in [0.2, 0.25) is 0 Å². The Balaban J connectivity index is 1.73. The van der Waals surface area contributed by atoms with Crippen LogP contribution in [0.25, 0.3) is 0 Å². The third kappa shape index (κ3) is 3.80. The van der Waals surface area contributed by atoms with Gasteiger partial charge in [0.05, 0.1) is 17.7 Å². The molecule has 0 bridgehead atoms. The lowest BCUT2D eigenvalue weighted by Gasteiger charge is -2.43.